The third-order valence-electron chi connectivity index (χ3n) is 2.63. The molecule has 0 atom stereocenters. The Morgan fingerprint density at radius 1 is 1.29 bits per heavy atom. The van der Waals surface area contributed by atoms with E-state index in [-0.39, 0.29) is 0 Å². The molecule has 0 fully saturated rings. The van der Waals surface area contributed by atoms with Crippen molar-refractivity contribution in [1.82, 2.24) is 19.9 Å². The fourth-order valence-electron chi connectivity index (χ4n) is 1.81. The van der Waals surface area contributed by atoms with Crippen LogP contribution in [0.25, 0.3) is 11.2 Å². The van der Waals surface area contributed by atoms with E-state index in [4.69, 9.17) is 0 Å². The van der Waals surface area contributed by atoms with Gasteiger partial charge in [-0.05, 0) is 24.3 Å². The van der Waals surface area contributed by atoms with Crippen LogP contribution in [0.3, 0.4) is 0 Å². The van der Waals surface area contributed by atoms with Crippen LogP contribution in [0.5, 0.6) is 0 Å². The van der Waals surface area contributed by atoms with Crippen LogP contribution in [-0.4, -0.2) is 19.9 Å². The molecule has 0 amide bonds. The highest BCUT2D eigenvalue weighted by Crippen LogP contribution is 2.13. The molecular formula is C12H12N4S. The summed E-state index contributed by atoms with van der Waals surface area (Å²) in [5.74, 6) is 0.997. The first-order chi connectivity index (χ1) is 8.42. The van der Waals surface area contributed by atoms with E-state index in [0.717, 1.165) is 36.3 Å². The average molecular weight is 244 g/mol. The maximum absolute atomic E-state index is 4.43. The highest BCUT2D eigenvalue weighted by atomic mass is 32.1. The van der Waals surface area contributed by atoms with Crippen molar-refractivity contribution in [2.24, 2.45) is 0 Å². The lowest BCUT2D eigenvalue weighted by Gasteiger charge is -1.95. The third-order valence-corrected chi connectivity index (χ3v) is 3.56. The molecular weight excluding hydrogens is 232 g/mol. The second-order valence-electron chi connectivity index (χ2n) is 3.88. The molecule has 3 rings (SSSR count). The number of imidazole rings is 1. The van der Waals surface area contributed by atoms with Gasteiger partial charge in [-0.15, -0.1) is 11.3 Å². The summed E-state index contributed by atoms with van der Waals surface area (Å²) >= 11 is 1.81. The molecule has 86 valence electrons. The van der Waals surface area contributed by atoms with Crippen molar-refractivity contribution in [1.29, 1.82) is 0 Å². The van der Waals surface area contributed by atoms with Crippen LogP contribution in [0, 0.1) is 0 Å². The van der Waals surface area contributed by atoms with Crippen LogP contribution in [0.4, 0.5) is 0 Å². The molecule has 0 aliphatic carbocycles. The van der Waals surface area contributed by atoms with E-state index in [2.05, 4.69) is 37.4 Å². The summed E-state index contributed by atoms with van der Waals surface area (Å²) in [6.07, 6.45) is 6.46. The van der Waals surface area contributed by atoms with Crippen LogP contribution in [-0.2, 0) is 12.8 Å². The van der Waals surface area contributed by atoms with Crippen LogP contribution in [0.2, 0.25) is 0 Å². The summed E-state index contributed by atoms with van der Waals surface area (Å²) in [7, 11) is 0. The zero-order chi connectivity index (χ0) is 11.5. The van der Waals surface area contributed by atoms with Crippen molar-refractivity contribution in [3.8, 4) is 0 Å². The Balaban J connectivity index is 1.65. The second-order valence-corrected chi connectivity index (χ2v) is 4.91. The van der Waals surface area contributed by atoms with Gasteiger partial charge < -0.3 is 4.98 Å². The molecule has 0 unspecified atom stereocenters. The first-order valence-electron chi connectivity index (χ1n) is 5.59. The molecule has 0 aliphatic rings. The third kappa shape index (κ3) is 2.34. The van der Waals surface area contributed by atoms with Gasteiger partial charge in [-0.2, -0.15) is 0 Å². The van der Waals surface area contributed by atoms with Crippen LogP contribution in [0.15, 0.2) is 30.0 Å². The SMILES string of the molecule is c1csc(CCCc2nc3ncncc3[nH]2)c1. The molecule has 0 saturated carbocycles. The maximum Gasteiger partial charge on any atom is 0.180 e. The fourth-order valence-corrected chi connectivity index (χ4v) is 2.57. The highest BCUT2D eigenvalue weighted by molar-refractivity contribution is 7.09. The first-order valence-corrected chi connectivity index (χ1v) is 6.47. The number of nitrogens with one attached hydrogen (secondary N) is 1. The molecule has 0 spiro atoms. The van der Waals surface area contributed by atoms with Crippen molar-refractivity contribution in [3.05, 3.63) is 40.7 Å². The van der Waals surface area contributed by atoms with E-state index in [9.17, 15) is 0 Å². The van der Waals surface area contributed by atoms with Crippen LogP contribution < -0.4 is 0 Å². The summed E-state index contributed by atoms with van der Waals surface area (Å²) in [6.45, 7) is 0. The minimum Gasteiger partial charge on any atom is -0.339 e. The number of nitrogens with zero attached hydrogens (tertiary/aromatic N) is 3. The largest absolute Gasteiger partial charge is 0.339 e. The highest BCUT2D eigenvalue weighted by Gasteiger charge is 2.03. The Hall–Kier alpha value is -1.75. The Morgan fingerprint density at radius 3 is 3.12 bits per heavy atom. The number of fused-ring (bicyclic) bond motifs is 1. The summed E-state index contributed by atoms with van der Waals surface area (Å²) in [6, 6.07) is 4.27. The summed E-state index contributed by atoms with van der Waals surface area (Å²) < 4.78 is 0. The minimum atomic E-state index is 0.756. The van der Waals surface area contributed by atoms with Gasteiger partial charge >= 0.3 is 0 Å². The Kier molecular flexibility index (Phi) is 2.83. The zero-order valence-electron chi connectivity index (χ0n) is 9.26. The van der Waals surface area contributed by atoms with Gasteiger partial charge in [0.05, 0.1) is 6.20 Å². The lowest BCUT2D eigenvalue weighted by Crippen LogP contribution is -1.90. The summed E-state index contributed by atoms with van der Waals surface area (Å²) in [5.41, 5.74) is 1.67. The average Bonchev–Trinajstić information content (AvgIpc) is 2.96. The smallest absolute Gasteiger partial charge is 0.180 e. The maximum atomic E-state index is 4.43. The van der Waals surface area contributed by atoms with Crippen molar-refractivity contribution in [3.63, 3.8) is 0 Å². The number of H-pyrrole nitrogens is 1. The van der Waals surface area contributed by atoms with Crippen LogP contribution >= 0.6 is 11.3 Å². The normalized spacial score (nSPS) is 11.1. The number of hydrogen-bond acceptors (Lipinski definition) is 4. The van der Waals surface area contributed by atoms with Crippen molar-refractivity contribution in [2.75, 3.05) is 0 Å². The Labute approximate surface area is 103 Å². The molecule has 5 heteroatoms. The van der Waals surface area contributed by atoms with Crippen molar-refractivity contribution < 1.29 is 0 Å². The summed E-state index contributed by atoms with van der Waals surface area (Å²) in [5, 5.41) is 2.12. The van der Waals surface area contributed by atoms with E-state index in [1.165, 1.54) is 11.2 Å². The molecule has 0 saturated heterocycles. The molecule has 1 N–H and O–H groups in total. The van der Waals surface area contributed by atoms with E-state index in [1.807, 2.05) is 11.3 Å². The van der Waals surface area contributed by atoms with Gasteiger partial charge in [0, 0.05) is 11.3 Å². The lowest BCUT2D eigenvalue weighted by molar-refractivity contribution is 0.793. The van der Waals surface area contributed by atoms with Gasteiger partial charge in [0.25, 0.3) is 0 Å². The van der Waals surface area contributed by atoms with Gasteiger partial charge in [0.2, 0.25) is 0 Å². The molecule has 4 nitrogen and oxygen atoms in total. The molecule has 3 aromatic heterocycles. The second kappa shape index (κ2) is 4.63. The number of hydrogen-bond donors (Lipinski definition) is 1. The fraction of sp³-hybridized carbons (Fsp3) is 0.250. The molecule has 3 heterocycles. The number of rotatable bonds is 4. The Bertz CT molecular complexity index is 567. The monoisotopic (exact) mass is 244 g/mol. The molecule has 0 aromatic carbocycles. The van der Waals surface area contributed by atoms with Gasteiger partial charge in [0.15, 0.2) is 5.65 Å². The van der Waals surface area contributed by atoms with Gasteiger partial charge in [-0.3, -0.25) is 0 Å². The van der Waals surface area contributed by atoms with Gasteiger partial charge in [-0.1, -0.05) is 6.07 Å². The first kappa shape index (κ1) is 10.4. The van der Waals surface area contributed by atoms with Crippen LogP contribution in [0.1, 0.15) is 17.1 Å². The molecule has 17 heavy (non-hydrogen) atoms. The van der Waals surface area contributed by atoms with E-state index >= 15 is 0 Å². The van der Waals surface area contributed by atoms with Crippen molar-refractivity contribution >= 4 is 22.5 Å². The lowest BCUT2D eigenvalue weighted by atomic mass is 10.2. The topological polar surface area (TPSA) is 54.5 Å². The predicted molar refractivity (Wildman–Crippen MR) is 68.0 cm³/mol. The van der Waals surface area contributed by atoms with Gasteiger partial charge in [0.1, 0.15) is 17.7 Å². The van der Waals surface area contributed by atoms with E-state index in [0.29, 0.717) is 0 Å². The van der Waals surface area contributed by atoms with Crippen molar-refractivity contribution in [2.45, 2.75) is 19.3 Å². The minimum absolute atomic E-state index is 0.756. The summed E-state index contributed by atoms with van der Waals surface area (Å²) in [4.78, 5) is 17.2. The number of thiophene rings is 1. The van der Waals surface area contributed by atoms with E-state index < -0.39 is 0 Å². The van der Waals surface area contributed by atoms with Gasteiger partial charge in [-0.25, -0.2) is 15.0 Å². The Morgan fingerprint density at radius 2 is 2.29 bits per heavy atom. The zero-order valence-corrected chi connectivity index (χ0v) is 10.1. The molecule has 0 radical (unpaired) electrons. The molecule has 3 aromatic rings. The van der Waals surface area contributed by atoms with E-state index in [1.54, 1.807) is 6.20 Å². The number of aryl methyl sites for hydroxylation is 2. The number of aromatic amines is 1. The standard InChI is InChI=1S/C12H12N4S/c1(3-9-4-2-6-17-9)5-11-15-10-7-13-8-14-12(10)16-11/h2,4,6-8H,1,3,5H2,(H,13,14,15,16). The quantitative estimate of drug-likeness (QED) is 0.767. The number of aromatic nitrogens is 4. The molecule has 0 aliphatic heterocycles. The predicted octanol–water partition coefficient (Wildman–Crippen LogP) is 2.59. The molecule has 0 bridgehead atoms.